The van der Waals surface area contributed by atoms with Crippen molar-refractivity contribution in [3.8, 4) is 0 Å². The Bertz CT molecular complexity index is 1530. The number of anilines is 2. The number of benzene rings is 1. The van der Waals surface area contributed by atoms with Gasteiger partial charge in [-0.1, -0.05) is 30.4 Å². The molecule has 2 aromatic heterocycles. The Balaban J connectivity index is 1.18. The quantitative estimate of drug-likeness (QED) is 0.463. The molecule has 1 atom stereocenters. The summed E-state index contributed by atoms with van der Waals surface area (Å²) >= 11 is 1.66. The van der Waals surface area contributed by atoms with Gasteiger partial charge in [-0.3, -0.25) is 9.59 Å². The molecule has 8 nitrogen and oxygen atoms in total. The molecule has 1 aliphatic carbocycles. The van der Waals surface area contributed by atoms with Crippen molar-refractivity contribution in [1.82, 2.24) is 25.2 Å². The minimum absolute atomic E-state index is 0.0594. The molecule has 1 aromatic carbocycles. The molecule has 2 aliphatic heterocycles. The van der Waals surface area contributed by atoms with Crippen LogP contribution in [0.1, 0.15) is 46.0 Å². The highest BCUT2D eigenvalue weighted by Crippen LogP contribution is 2.47. The van der Waals surface area contributed by atoms with Gasteiger partial charge in [0.15, 0.2) is 0 Å². The molecule has 4 heterocycles. The maximum Gasteiger partial charge on any atom is 0.272 e. The second-order valence-corrected chi connectivity index (χ2v) is 11.2. The number of fused-ring (bicyclic) bond motifs is 2. The van der Waals surface area contributed by atoms with E-state index in [0.29, 0.717) is 37.4 Å². The number of carbonyl (C=O) groups excluding carboxylic acids is 2. The monoisotopic (exact) mass is 538 g/mol. The Kier molecular flexibility index (Phi) is 6.60. The molecule has 0 saturated carbocycles. The number of nitrogens with zero attached hydrogens (tertiary/aromatic N) is 4. The Morgan fingerprint density at radius 1 is 1.10 bits per heavy atom. The standard InChI is InChI=1S/C30H30N6O2S/c1-3-4-5-6-23-19(2)34-29(38)30(23)15-20-7-8-22(13-21(20)16-30)35-27-14-25(31-17-32-27)28(37)36-11-9-24-26(10-12-36)39-18-33-24/h3-8,13-14,17-18H,9-12,15-16H2,1-2H3,(H,34,38)(H,31,32,35)/b4-3?,6-5-. The lowest BCUT2D eigenvalue weighted by atomic mass is 9.78. The predicted molar refractivity (Wildman–Crippen MR) is 152 cm³/mol. The van der Waals surface area contributed by atoms with E-state index in [4.69, 9.17) is 0 Å². The first kappa shape index (κ1) is 25.2. The normalized spacial score (nSPS) is 20.6. The van der Waals surface area contributed by atoms with E-state index in [1.807, 2.05) is 48.6 Å². The van der Waals surface area contributed by atoms with Crippen LogP contribution in [0.15, 0.2) is 71.7 Å². The summed E-state index contributed by atoms with van der Waals surface area (Å²) in [5.41, 5.74) is 7.90. The zero-order chi connectivity index (χ0) is 27.0. The van der Waals surface area contributed by atoms with Crippen molar-refractivity contribution in [2.75, 3.05) is 18.4 Å². The summed E-state index contributed by atoms with van der Waals surface area (Å²) in [7, 11) is 0. The number of hydrogen-bond donors (Lipinski definition) is 2. The van der Waals surface area contributed by atoms with Crippen molar-refractivity contribution in [2.45, 2.75) is 39.5 Å². The molecular weight excluding hydrogens is 508 g/mol. The summed E-state index contributed by atoms with van der Waals surface area (Å²) in [5, 5.41) is 6.40. The van der Waals surface area contributed by atoms with Crippen LogP contribution in [-0.2, 0) is 30.5 Å². The van der Waals surface area contributed by atoms with Gasteiger partial charge in [0.2, 0.25) is 5.91 Å². The lowest BCUT2D eigenvalue weighted by molar-refractivity contribution is -0.126. The Labute approximate surface area is 231 Å². The van der Waals surface area contributed by atoms with Gasteiger partial charge in [0.1, 0.15) is 17.8 Å². The Hall–Kier alpha value is -4.11. The first-order valence-corrected chi connectivity index (χ1v) is 14.1. The third kappa shape index (κ3) is 4.67. The summed E-state index contributed by atoms with van der Waals surface area (Å²) in [6.07, 6.45) is 12.3. The molecule has 198 valence electrons. The van der Waals surface area contributed by atoms with Gasteiger partial charge in [-0.05, 0) is 55.5 Å². The molecule has 2 N–H and O–H groups in total. The van der Waals surface area contributed by atoms with E-state index >= 15 is 0 Å². The summed E-state index contributed by atoms with van der Waals surface area (Å²) < 4.78 is 0. The molecule has 3 aromatic rings. The number of rotatable bonds is 5. The highest BCUT2D eigenvalue weighted by Gasteiger charge is 2.50. The van der Waals surface area contributed by atoms with Gasteiger partial charge in [0.25, 0.3) is 5.91 Å². The van der Waals surface area contributed by atoms with Crippen LogP contribution in [0.4, 0.5) is 11.5 Å². The van der Waals surface area contributed by atoms with Crippen molar-refractivity contribution >= 4 is 34.7 Å². The number of thiazole rings is 1. The predicted octanol–water partition coefficient (Wildman–Crippen LogP) is 4.54. The van der Waals surface area contributed by atoms with Crippen molar-refractivity contribution in [3.05, 3.63) is 99.1 Å². The van der Waals surface area contributed by atoms with Crippen LogP contribution in [0.25, 0.3) is 0 Å². The number of hydrogen-bond acceptors (Lipinski definition) is 7. The highest BCUT2D eigenvalue weighted by molar-refractivity contribution is 7.09. The lowest BCUT2D eigenvalue weighted by Crippen LogP contribution is -2.34. The fraction of sp³-hybridized carbons (Fsp3) is 0.300. The maximum absolute atomic E-state index is 13.2. The van der Waals surface area contributed by atoms with Gasteiger partial charge >= 0.3 is 0 Å². The van der Waals surface area contributed by atoms with E-state index < -0.39 is 5.41 Å². The van der Waals surface area contributed by atoms with E-state index in [9.17, 15) is 9.59 Å². The number of allylic oxidation sites excluding steroid dienone is 5. The summed E-state index contributed by atoms with van der Waals surface area (Å²) in [6.45, 7) is 5.22. The van der Waals surface area contributed by atoms with Gasteiger partial charge in [-0.2, -0.15) is 0 Å². The summed E-state index contributed by atoms with van der Waals surface area (Å²) in [6, 6.07) is 7.87. The van der Waals surface area contributed by atoms with Crippen molar-refractivity contribution < 1.29 is 9.59 Å². The molecule has 0 bridgehead atoms. The van der Waals surface area contributed by atoms with Crippen LogP contribution >= 0.6 is 11.3 Å². The third-order valence-corrected chi connectivity index (χ3v) is 8.75. The SMILES string of the molecule is CC=C/C=C\C1=C(C)NC(=O)C12Cc1ccc(Nc3cc(C(=O)N4CCc5ncsc5CC4)ncn3)cc1C2. The van der Waals surface area contributed by atoms with Crippen molar-refractivity contribution in [2.24, 2.45) is 5.41 Å². The minimum Gasteiger partial charge on any atom is -0.340 e. The van der Waals surface area contributed by atoms with E-state index in [1.165, 1.54) is 16.8 Å². The average molecular weight is 539 g/mol. The topological polar surface area (TPSA) is 100 Å². The Morgan fingerprint density at radius 3 is 2.82 bits per heavy atom. The molecule has 2 amide bonds. The smallest absolute Gasteiger partial charge is 0.272 e. The number of aromatic nitrogens is 3. The van der Waals surface area contributed by atoms with Gasteiger partial charge in [0.05, 0.1) is 16.6 Å². The molecule has 6 rings (SSSR count). The van der Waals surface area contributed by atoms with Crippen LogP contribution in [0, 0.1) is 5.41 Å². The third-order valence-electron chi connectivity index (χ3n) is 7.81. The first-order valence-electron chi connectivity index (χ1n) is 13.2. The largest absolute Gasteiger partial charge is 0.340 e. The summed E-state index contributed by atoms with van der Waals surface area (Å²) in [5.74, 6) is 0.518. The second kappa shape index (κ2) is 10.2. The van der Waals surface area contributed by atoms with Crippen LogP contribution in [0.3, 0.4) is 0 Å². The lowest BCUT2D eigenvalue weighted by Gasteiger charge is -2.22. The van der Waals surface area contributed by atoms with Gasteiger partial charge < -0.3 is 15.5 Å². The molecule has 3 aliphatic rings. The van der Waals surface area contributed by atoms with Crippen LogP contribution in [-0.4, -0.2) is 44.8 Å². The fourth-order valence-electron chi connectivity index (χ4n) is 5.84. The second-order valence-electron chi connectivity index (χ2n) is 10.2. The van der Waals surface area contributed by atoms with E-state index in [0.717, 1.165) is 41.1 Å². The first-order chi connectivity index (χ1) is 19.0. The number of amides is 2. The van der Waals surface area contributed by atoms with Gasteiger partial charge in [-0.25, -0.2) is 15.0 Å². The summed E-state index contributed by atoms with van der Waals surface area (Å²) in [4.78, 5) is 42.5. The van der Waals surface area contributed by atoms with Crippen molar-refractivity contribution in [3.63, 3.8) is 0 Å². The minimum atomic E-state index is -0.580. The van der Waals surface area contributed by atoms with Crippen LogP contribution in [0.5, 0.6) is 0 Å². The fourth-order valence-corrected chi connectivity index (χ4v) is 6.64. The highest BCUT2D eigenvalue weighted by atomic mass is 32.1. The Morgan fingerprint density at radius 2 is 1.95 bits per heavy atom. The molecule has 1 spiro atoms. The van der Waals surface area contributed by atoms with E-state index in [-0.39, 0.29) is 11.8 Å². The maximum atomic E-state index is 13.2. The number of carbonyl (C=O) groups is 2. The number of nitrogens with one attached hydrogen (secondary N) is 2. The van der Waals surface area contributed by atoms with Gasteiger partial charge in [-0.15, -0.1) is 11.3 Å². The molecule has 0 saturated heterocycles. The molecule has 39 heavy (non-hydrogen) atoms. The molecule has 9 heteroatoms. The molecule has 0 radical (unpaired) electrons. The van der Waals surface area contributed by atoms with Crippen molar-refractivity contribution in [1.29, 1.82) is 0 Å². The van der Waals surface area contributed by atoms with E-state index in [1.54, 1.807) is 17.4 Å². The van der Waals surface area contributed by atoms with E-state index in [2.05, 4.69) is 43.8 Å². The zero-order valence-electron chi connectivity index (χ0n) is 22.0. The zero-order valence-corrected chi connectivity index (χ0v) is 22.8. The van der Waals surface area contributed by atoms with Gasteiger partial charge in [0, 0.05) is 48.3 Å². The van der Waals surface area contributed by atoms with Crippen LogP contribution in [0.2, 0.25) is 0 Å². The molecule has 1 unspecified atom stereocenters. The average Bonchev–Trinajstić information content (AvgIpc) is 3.56. The molecular formula is C30H30N6O2S. The van der Waals surface area contributed by atoms with Crippen LogP contribution < -0.4 is 10.6 Å². The molecule has 0 fully saturated rings.